The molecule has 2 nitrogen and oxygen atoms in total. The Balaban J connectivity index is 1.58. The highest BCUT2D eigenvalue weighted by Gasteiger charge is 2.51. The van der Waals surface area contributed by atoms with Gasteiger partial charge in [0, 0.05) is 9.11 Å². The van der Waals surface area contributed by atoms with Gasteiger partial charge in [-0.2, -0.15) is 0 Å². The van der Waals surface area contributed by atoms with Gasteiger partial charge in [-0.1, -0.05) is 11.6 Å². The molecule has 0 atom stereocenters. The fourth-order valence-electron chi connectivity index (χ4n) is 5.24. The fourth-order valence-corrected chi connectivity index (χ4v) is 5.94. The summed E-state index contributed by atoms with van der Waals surface area (Å²) in [5, 5.41) is 3.94. The first-order chi connectivity index (χ1) is 10.0. The summed E-state index contributed by atoms with van der Waals surface area (Å²) in [4.78, 5) is 12.7. The minimum absolute atomic E-state index is 0.0143. The lowest BCUT2D eigenvalue weighted by Crippen LogP contribution is -2.59. The minimum Gasteiger partial charge on any atom is -0.347 e. The van der Waals surface area contributed by atoms with Gasteiger partial charge in [0.15, 0.2) is 0 Å². The van der Waals surface area contributed by atoms with E-state index in [9.17, 15) is 4.79 Å². The number of hydrogen-bond acceptors (Lipinski definition) is 1. The van der Waals surface area contributed by atoms with Crippen LogP contribution in [-0.2, 0) is 0 Å². The average molecular weight is 416 g/mol. The zero-order valence-corrected chi connectivity index (χ0v) is 14.8. The van der Waals surface area contributed by atoms with Gasteiger partial charge in [0.1, 0.15) is 0 Å². The molecule has 0 aromatic heterocycles. The van der Waals surface area contributed by atoms with E-state index in [1.807, 2.05) is 18.2 Å². The molecule has 1 amide bonds. The molecule has 0 radical (unpaired) electrons. The number of nitrogens with one attached hydrogen (secondary N) is 1. The van der Waals surface area contributed by atoms with Crippen LogP contribution in [0, 0.1) is 21.3 Å². The van der Waals surface area contributed by atoms with Gasteiger partial charge in [-0.3, -0.25) is 4.79 Å². The van der Waals surface area contributed by atoms with Crippen LogP contribution in [0.3, 0.4) is 0 Å². The largest absolute Gasteiger partial charge is 0.347 e. The lowest BCUT2D eigenvalue weighted by molar-refractivity contribution is -0.0166. The van der Waals surface area contributed by atoms with E-state index >= 15 is 0 Å². The standard InChI is InChI=1S/C17H19ClINO/c18-15-2-1-13(19)6-14(15)16(21)20-17-7-10-3-11(8-17)5-12(4-10)9-17/h1-2,6,10-12H,3-5,7-9H2,(H,20,21). The zero-order valence-electron chi connectivity index (χ0n) is 11.9. The molecule has 21 heavy (non-hydrogen) atoms. The third-order valence-electron chi connectivity index (χ3n) is 5.59. The van der Waals surface area contributed by atoms with Crippen molar-refractivity contribution in [2.45, 2.75) is 44.1 Å². The smallest absolute Gasteiger partial charge is 0.253 e. The second-order valence-corrected chi connectivity index (χ2v) is 8.93. The predicted octanol–water partition coefficient (Wildman–Crippen LogP) is 4.64. The van der Waals surface area contributed by atoms with E-state index in [1.165, 1.54) is 38.5 Å². The van der Waals surface area contributed by atoms with Crippen molar-refractivity contribution >= 4 is 40.1 Å². The molecule has 0 spiro atoms. The summed E-state index contributed by atoms with van der Waals surface area (Å²) in [6.07, 6.45) is 7.68. The van der Waals surface area contributed by atoms with Gasteiger partial charge in [-0.05, 0) is 97.1 Å². The van der Waals surface area contributed by atoms with Crippen LogP contribution in [0.4, 0.5) is 0 Å². The summed E-state index contributed by atoms with van der Waals surface area (Å²) in [7, 11) is 0. The van der Waals surface area contributed by atoms with Crippen molar-refractivity contribution in [2.24, 2.45) is 17.8 Å². The summed E-state index contributed by atoms with van der Waals surface area (Å²) < 4.78 is 1.05. The van der Waals surface area contributed by atoms with E-state index in [-0.39, 0.29) is 11.4 Å². The van der Waals surface area contributed by atoms with Crippen LogP contribution in [0.1, 0.15) is 48.9 Å². The monoisotopic (exact) mass is 415 g/mol. The number of carbonyl (C=O) groups is 1. The van der Waals surface area contributed by atoms with Crippen LogP contribution in [0.25, 0.3) is 0 Å². The number of rotatable bonds is 2. The van der Waals surface area contributed by atoms with Gasteiger partial charge in [-0.25, -0.2) is 0 Å². The molecule has 0 aliphatic heterocycles. The van der Waals surface area contributed by atoms with Gasteiger partial charge in [0.2, 0.25) is 0 Å². The highest BCUT2D eigenvalue weighted by Crippen LogP contribution is 2.55. The quantitative estimate of drug-likeness (QED) is 0.700. The molecular formula is C17H19ClINO. The molecule has 5 rings (SSSR count). The molecule has 0 unspecified atom stereocenters. The number of amides is 1. The van der Waals surface area contributed by atoms with E-state index in [0.29, 0.717) is 10.6 Å². The van der Waals surface area contributed by atoms with Crippen LogP contribution in [0.5, 0.6) is 0 Å². The van der Waals surface area contributed by atoms with Gasteiger partial charge in [0.25, 0.3) is 5.91 Å². The van der Waals surface area contributed by atoms with E-state index < -0.39 is 0 Å². The minimum atomic E-state index is 0.0143. The Morgan fingerprint density at radius 3 is 2.29 bits per heavy atom. The molecule has 1 aromatic carbocycles. The maximum absolute atomic E-state index is 12.7. The summed E-state index contributed by atoms with van der Waals surface area (Å²) >= 11 is 8.44. The Hall–Kier alpha value is -0.290. The highest BCUT2D eigenvalue weighted by molar-refractivity contribution is 14.1. The predicted molar refractivity (Wildman–Crippen MR) is 92.5 cm³/mol. The Bertz CT molecular complexity index is 565. The molecule has 4 aliphatic carbocycles. The first-order valence-corrected chi connectivity index (χ1v) is 9.26. The molecule has 1 aromatic rings. The van der Waals surface area contributed by atoms with Gasteiger partial charge >= 0.3 is 0 Å². The Labute approximate surface area is 144 Å². The molecule has 0 heterocycles. The van der Waals surface area contributed by atoms with Crippen LogP contribution in [-0.4, -0.2) is 11.4 Å². The number of hydrogen-bond donors (Lipinski definition) is 1. The van der Waals surface area contributed by atoms with Gasteiger partial charge in [0.05, 0.1) is 10.6 Å². The molecule has 4 heteroatoms. The maximum Gasteiger partial charge on any atom is 0.253 e. The van der Waals surface area contributed by atoms with Crippen molar-refractivity contribution < 1.29 is 4.79 Å². The van der Waals surface area contributed by atoms with Crippen LogP contribution in [0.15, 0.2) is 18.2 Å². The zero-order chi connectivity index (χ0) is 14.6. The number of benzene rings is 1. The number of halogens is 2. The fraction of sp³-hybridized carbons (Fsp3) is 0.588. The summed E-state index contributed by atoms with van der Waals surface area (Å²) in [6.45, 7) is 0. The average Bonchev–Trinajstić information content (AvgIpc) is 2.39. The normalized spacial score (nSPS) is 36.8. The lowest BCUT2D eigenvalue weighted by atomic mass is 9.53. The van der Waals surface area contributed by atoms with Crippen molar-refractivity contribution in [3.05, 3.63) is 32.4 Å². The summed E-state index contributed by atoms with van der Waals surface area (Å²) in [5.74, 6) is 2.52. The molecular weight excluding hydrogens is 397 g/mol. The molecule has 112 valence electrons. The second-order valence-electron chi connectivity index (χ2n) is 7.28. The van der Waals surface area contributed by atoms with Crippen molar-refractivity contribution in [3.63, 3.8) is 0 Å². The lowest BCUT2D eigenvalue weighted by Gasteiger charge is -2.56. The molecule has 4 bridgehead atoms. The van der Waals surface area contributed by atoms with E-state index in [0.717, 1.165) is 21.3 Å². The molecule has 1 N–H and O–H groups in total. The second kappa shape index (κ2) is 5.12. The molecule has 0 saturated heterocycles. The van der Waals surface area contributed by atoms with Crippen LogP contribution in [0.2, 0.25) is 5.02 Å². The Morgan fingerprint density at radius 2 is 1.71 bits per heavy atom. The molecule has 4 saturated carbocycles. The number of carbonyl (C=O) groups excluding carboxylic acids is 1. The van der Waals surface area contributed by atoms with Crippen molar-refractivity contribution in [3.8, 4) is 0 Å². The summed E-state index contributed by atoms with van der Waals surface area (Å²) in [6, 6.07) is 5.64. The highest BCUT2D eigenvalue weighted by atomic mass is 127. The van der Waals surface area contributed by atoms with Crippen molar-refractivity contribution in [2.75, 3.05) is 0 Å². The Kier molecular flexibility index (Phi) is 3.49. The third-order valence-corrected chi connectivity index (χ3v) is 6.59. The molecule has 4 fully saturated rings. The van der Waals surface area contributed by atoms with Gasteiger partial charge in [-0.15, -0.1) is 0 Å². The van der Waals surface area contributed by atoms with E-state index in [4.69, 9.17) is 11.6 Å². The van der Waals surface area contributed by atoms with Crippen molar-refractivity contribution in [1.29, 1.82) is 0 Å². The first kappa shape index (κ1) is 14.3. The van der Waals surface area contributed by atoms with E-state index in [1.54, 1.807) is 0 Å². The topological polar surface area (TPSA) is 29.1 Å². The van der Waals surface area contributed by atoms with Crippen LogP contribution < -0.4 is 5.32 Å². The first-order valence-electron chi connectivity index (χ1n) is 7.81. The Morgan fingerprint density at radius 1 is 1.14 bits per heavy atom. The SMILES string of the molecule is O=C(NC12CC3CC(CC(C3)C1)C2)c1cc(I)ccc1Cl. The van der Waals surface area contributed by atoms with Gasteiger partial charge < -0.3 is 5.32 Å². The third kappa shape index (κ3) is 2.61. The van der Waals surface area contributed by atoms with E-state index in [2.05, 4.69) is 27.9 Å². The maximum atomic E-state index is 12.7. The van der Waals surface area contributed by atoms with Crippen LogP contribution >= 0.6 is 34.2 Å². The van der Waals surface area contributed by atoms with Crippen molar-refractivity contribution in [1.82, 2.24) is 5.32 Å². The molecule has 4 aliphatic rings. The summed E-state index contributed by atoms with van der Waals surface area (Å²) in [5.41, 5.74) is 0.676.